The number of fused-ring (bicyclic) bond motifs is 2. The smallest absolute Gasteiger partial charge is 0.352 e. The average molecular weight is 542 g/mol. The van der Waals surface area contributed by atoms with Crippen molar-refractivity contribution in [1.82, 2.24) is 15.2 Å². The summed E-state index contributed by atoms with van der Waals surface area (Å²) in [6.45, 7) is 0.207. The number of nitrogens with two attached hydrogens (primary N) is 1. The van der Waals surface area contributed by atoms with E-state index >= 15 is 0 Å². The number of carboxylic acid groups (broad SMARTS) is 1. The normalized spacial score (nSPS) is 19.4. The van der Waals surface area contributed by atoms with Crippen molar-refractivity contribution in [3.8, 4) is 5.75 Å². The Morgan fingerprint density at radius 2 is 2.19 bits per heavy atom. The van der Waals surface area contributed by atoms with E-state index in [1.165, 1.54) is 23.8 Å². The first-order chi connectivity index (χ1) is 17.8. The predicted molar refractivity (Wildman–Crippen MR) is 136 cm³/mol. The Kier molecular flexibility index (Phi) is 6.43. The lowest BCUT2D eigenvalue weighted by atomic mass is 10.0. The molecule has 190 valence electrons. The maximum atomic E-state index is 13.1. The molecule has 0 bridgehead atoms. The quantitative estimate of drug-likeness (QED) is 0.145. The van der Waals surface area contributed by atoms with Crippen molar-refractivity contribution in [2.45, 2.75) is 18.0 Å². The van der Waals surface area contributed by atoms with E-state index in [2.05, 4.69) is 15.5 Å². The number of amides is 2. The molecule has 2 amide bonds. The molecule has 1 fully saturated rings. The van der Waals surface area contributed by atoms with Gasteiger partial charge in [-0.3, -0.25) is 14.5 Å². The highest BCUT2D eigenvalue weighted by molar-refractivity contribution is 8.00. The molecule has 1 saturated heterocycles. The monoisotopic (exact) mass is 541 g/mol. The Morgan fingerprint density at radius 1 is 1.38 bits per heavy atom. The molecule has 0 radical (unpaired) electrons. The topological polar surface area (TPSA) is 171 Å². The van der Waals surface area contributed by atoms with E-state index < -0.39 is 29.2 Å². The highest BCUT2D eigenvalue weighted by Gasteiger charge is 2.54. The first kappa shape index (κ1) is 24.5. The third-order valence-electron chi connectivity index (χ3n) is 5.93. The number of phenols is 1. The number of aliphatic carboxylic acids is 1. The molecular weight excluding hydrogens is 520 g/mol. The Morgan fingerprint density at radius 3 is 2.89 bits per heavy atom. The number of nitrogens with one attached hydrogen (secondary N) is 1. The van der Waals surface area contributed by atoms with E-state index in [0.29, 0.717) is 11.3 Å². The summed E-state index contributed by atoms with van der Waals surface area (Å²) in [5.41, 5.74) is 6.86. The van der Waals surface area contributed by atoms with Gasteiger partial charge in [0.1, 0.15) is 35.7 Å². The Labute approximate surface area is 218 Å². The second-order valence-electron chi connectivity index (χ2n) is 8.19. The van der Waals surface area contributed by atoms with Crippen LogP contribution in [0.1, 0.15) is 5.69 Å². The van der Waals surface area contributed by atoms with Gasteiger partial charge in [-0.15, -0.1) is 23.1 Å². The Balaban J connectivity index is 1.39. The maximum absolute atomic E-state index is 13.1. The zero-order valence-electron chi connectivity index (χ0n) is 19.3. The second-order valence-corrected chi connectivity index (χ2v) is 10.2. The summed E-state index contributed by atoms with van der Waals surface area (Å²) in [5.74, 6) is -2.06. The van der Waals surface area contributed by atoms with Crippen molar-refractivity contribution in [3.05, 3.63) is 58.9 Å². The molecule has 0 aliphatic carbocycles. The van der Waals surface area contributed by atoms with Crippen LogP contribution in [0.15, 0.2) is 58.3 Å². The summed E-state index contributed by atoms with van der Waals surface area (Å²) in [6.07, 6.45) is 1.79. The molecule has 0 unspecified atom stereocenters. The van der Waals surface area contributed by atoms with Crippen LogP contribution in [-0.4, -0.2) is 67.9 Å². The van der Waals surface area contributed by atoms with Crippen molar-refractivity contribution in [2.75, 3.05) is 18.6 Å². The summed E-state index contributed by atoms with van der Waals surface area (Å²) in [6, 6.07) is 7.71. The van der Waals surface area contributed by atoms with Crippen LogP contribution in [0.25, 0.3) is 10.9 Å². The van der Waals surface area contributed by atoms with Crippen LogP contribution >= 0.6 is 23.1 Å². The number of hydrogen-bond acceptors (Lipinski definition) is 10. The van der Waals surface area contributed by atoms with Crippen LogP contribution in [-0.2, 0) is 25.8 Å². The number of hydrogen-bond donors (Lipinski definition) is 4. The van der Waals surface area contributed by atoms with Gasteiger partial charge < -0.3 is 26.1 Å². The molecule has 5 rings (SSSR count). The molecule has 0 spiro atoms. The van der Waals surface area contributed by atoms with Crippen molar-refractivity contribution in [3.63, 3.8) is 0 Å². The summed E-state index contributed by atoms with van der Waals surface area (Å²) < 4.78 is 1.82. The van der Waals surface area contributed by atoms with E-state index in [1.807, 2.05) is 16.7 Å². The van der Waals surface area contributed by atoms with Crippen molar-refractivity contribution >= 4 is 62.6 Å². The van der Waals surface area contributed by atoms with E-state index in [0.717, 1.165) is 22.2 Å². The van der Waals surface area contributed by atoms with Crippen molar-refractivity contribution in [2.24, 2.45) is 5.16 Å². The van der Waals surface area contributed by atoms with Gasteiger partial charge >= 0.3 is 5.97 Å². The number of thioether (sulfide) groups is 1. The van der Waals surface area contributed by atoms with Crippen molar-refractivity contribution < 1.29 is 34.0 Å². The van der Waals surface area contributed by atoms with Crippen LogP contribution in [0.5, 0.6) is 5.75 Å². The van der Waals surface area contributed by atoms with Gasteiger partial charge in [-0.2, -0.15) is 4.57 Å². The number of phenolic OH excluding ortho intramolecular Hbond substituents is 1. The molecule has 1 aromatic carbocycles. The van der Waals surface area contributed by atoms with Crippen LogP contribution in [0.4, 0.5) is 5.13 Å². The van der Waals surface area contributed by atoms with Gasteiger partial charge in [0.15, 0.2) is 23.6 Å². The van der Waals surface area contributed by atoms with Gasteiger partial charge in [-0.05, 0) is 18.2 Å². The summed E-state index contributed by atoms with van der Waals surface area (Å²) in [5, 5.41) is 28.3. The summed E-state index contributed by atoms with van der Waals surface area (Å²) in [7, 11) is 1.27. The molecule has 4 heterocycles. The minimum atomic E-state index is -1.23. The Hall–Kier alpha value is -4.17. The zero-order valence-corrected chi connectivity index (χ0v) is 21.0. The number of β-lactam (4-membered cyclic amide) rings is 1. The highest BCUT2D eigenvalue weighted by Crippen LogP contribution is 2.40. The van der Waals surface area contributed by atoms with E-state index in [4.69, 9.17) is 10.6 Å². The molecule has 2 aliphatic rings. The van der Waals surface area contributed by atoms with Gasteiger partial charge in [0.2, 0.25) is 5.52 Å². The molecule has 12 nitrogen and oxygen atoms in total. The maximum Gasteiger partial charge on any atom is 0.352 e. The van der Waals surface area contributed by atoms with E-state index in [1.54, 1.807) is 29.8 Å². The van der Waals surface area contributed by atoms with Gasteiger partial charge in [-0.25, -0.2) is 9.78 Å². The van der Waals surface area contributed by atoms with E-state index in [-0.39, 0.29) is 34.5 Å². The summed E-state index contributed by atoms with van der Waals surface area (Å²) in [4.78, 5) is 48.3. The number of oxime groups is 1. The number of thiazole rings is 1. The molecule has 14 heteroatoms. The fourth-order valence-corrected chi connectivity index (χ4v) is 6.19. The number of rotatable bonds is 7. The molecule has 37 heavy (non-hydrogen) atoms. The van der Waals surface area contributed by atoms with Crippen LogP contribution in [0.2, 0.25) is 0 Å². The number of nitrogen functional groups attached to an aromatic ring is 1. The summed E-state index contributed by atoms with van der Waals surface area (Å²) >= 11 is 2.47. The largest absolute Gasteiger partial charge is 0.508 e. The second kappa shape index (κ2) is 9.71. The first-order valence-electron chi connectivity index (χ1n) is 10.9. The SMILES string of the molecule is CO/N=C(\C(=O)N[C@@H]1C(=O)N2C(C(=O)O)=C(C[n+]3cccc4ccc(O)cc43)CS[C@H]12)c1csc(N)n1. The average Bonchev–Trinajstić information content (AvgIpc) is 3.31. The van der Waals surface area contributed by atoms with Crippen LogP contribution in [0, 0.1) is 0 Å². The number of benzene rings is 1. The van der Waals surface area contributed by atoms with Gasteiger partial charge in [0, 0.05) is 28.2 Å². The number of anilines is 1. The van der Waals surface area contributed by atoms with Gasteiger partial charge in [-0.1, -0.05) is 5.16 Å². The lowest BCUT2D eigenvalue weighted by molar-refractivity contribution is -0.663. The van der Waals surface area contributed by atoms with Gasteiger partial charge in [0.25, 0.3) is 11.8 Å². The van der Waals surface area contributed by atoms with E-state index in [9.17, 15) is 24.6 Å². The van der Waals surface area contributed by atoms with Crippen molar-refractivity contribution in [1.29, 1.82) is 0 Å². The Bertz CT molecular complexity index is 1500. The molecule has 5 N–H and O–H groups in total. The molecular formula is C23H21N6O6S2+. The third kappa shape index (κ3) is 4.44. The van der Waals surface area contributed by atoms with Gasteiger partial charge in [0.05, 0.1) is 6.07 Å². The predicted octanol–water partition coefficient (Wildman–Crippen LogP) is 0.661. The molecule has 0 saturated carbocycles. The number of aromatic nitrogens is 2. The molecule has 2 atom stereocenters. The number of aromatic hydroxyl groups is 1. The number of carbonyl (C=O) groups excluding carboxylic acids is 2. The lowest BCUT2D eigenvalue weighted by Gasteiger charge is -2.49. The first-order valence-corrected chi connectivity index (χ1v) is 12.9. The number of carbonyl (C=O) groups is 3. The standard InChI is InChI=1S/C23H20N6O6S2/c1-35-27-16(14-10-37-23(24)25-14)19(31)26-17-20(32)29-18(22(33)34)12(9-36-21(17)29)8-28-6-2-3-11-4-5-13(30)7-15(11)28/h2-7,10,17,21H,8-9H2,1H3,(H4,24,25,26,31,33,34)/p+1/b27-16-/t17-,21-/m1/s1. The zero-order chi connectivity index (χ0) is 26.3. The van der Waals surface area contributed by atoms with Crippen LogP contribution in [0.3, 0.4) is 0 Å². The lowest BCUT2D eigenvalue weighted by Crippen LogP contribution is -2.71. The number of pyridine rings is 1. The minimum Gasteiger partial charge on any atom is -0.508 e. The fraction of sp³-hybridized carbons (Fsp3) is 0.217. The fourth-order valence-electron chi connectivity index (χ4n) is 4.30. The molecule has 2 aliphatic heterocycles. The highest BCUT2D eigenvalue weighted by atomic mass is 32.2. The third-order valence-corrected chi connectivity index (χ3v) is 7.94. The minimum absolute atomic E-state index is 0.0891. The number of nitrogens with zero attached hydrogens (tertiary/aromatic N) is 4. The van der Waals surface area contributed by atoms with Crippen LogP contribution < -0.4 is 15.6 Å². The molecule has 2 aromatic heterocycles. The molecule has 3 aromatic rings. The number of carboxylic acids is 1.